The van der Waals surface area contributed by atoms with Crippen molar-refractivity contribution in [3.05, 3.63) is 59.7 Å². The van der Waals surface area contributed by atoms with Crippen LogP contribution in [0.3, 0.4) is 0 Å². The van der Waals surface area contributed by atoms with Crippen LogP contribution in [0.4, 0.5) is 29.3 Å². The highest BCUT2D eigenvalue weighted by Gasteiger charge is 2.30. The Morgan fingerprint density at radius 3 is 1.33 bits per heavy atom. The monoisotopic (exact) mass is 864 g/mol. The Kier molecular flexibility index (Phi) is 28.9. The van der Waals surface area contributed by atoms with Crippen molar-refractivity contribution in [3.8, 4) is 0 Å². The molecular weight excluding hydrogens is 801 g/mol. The van der Waals surface area contributed by atoms with Gasteiger partial charge in [0.1, 0.15) is 12.2 Å². The fraction of sp³-hybridized carbons (Fsp3) is 0.659. The number of carbonyl (C=O) groups excluding carboxylic acids is 2. The van der Waals surface area contributed by atoms with Crippen molar-refractivity contribution in [1.29, 1.82) is 0 Å². The number of alkyl carbamates (subject to hydrolysis) is 1. The number of benzene rings is 2. The molecule has 0 aliphatic heterocycles. The molecule has 2 rings (SSSR count). The van der Waals surface area contributed by atoms with E-state index >= 15 is 0 Å². The van der Waals surface area contributed by atoms with E-state index in [1.54, 1.807) is 39.0 Å². The van der Waals surface area contributed by atoms with Gasteiger partial charge in [-0.25, -0.2) is 9.59 Å². The van der Waals surface area contributed by atoms with Crippen molar-refractivity contribution in [3.63, 3.8) is 0 Å². The number of nitrogens with one attached hydrogen (secondary N) is 2. The number of esters is 1. The Labute approximate surface area is 350 Å². The zero-order valence-electron chi connectivity index (χ0n) is 35.0. The summed E-state index contributed by atoms with van der Waals surface area (Å²) in [6.07, 6.45) is -4.95. The van der Waals surface area contributed by atoms with Gasteiger partial charge in [0, 0.05) is 12.2 Å². The summed E-state index contributed by atoms with van der Waals surface area (Å²) in [7, 11) is 0. The Morgan fingerprint density at radius 2 is 0.917 bits per heavy atom. The van der Waals surface area contributed by atoms with Gasteiger partial charge in [-0.05, 0) is 51.1 Å². The average Bonchev–Trinajstić information content (AvgIpc) is 3.20. The van der Waals surface area contributed by atoms with E-state index in [4.69, 9.17) is 56.8 Å². The first-order valence-electron chi connectivity index (χ1n) is 19.9. The van der Waals surface area contributed by atoms with Crippen molar-refractivity contribution in [2.45, 2.75) is 32.5 Å². The van der Waals surface area contributed by atoms with E-state index in [-0.39, 0.29) is 24.5 Å². The van der Waals surface area contributed by atoms with Gasteiger partial charge in [0.15, 0.2) is 0 Å². The first-order valence-corrected chi connectivity index (χ1v) is 19.9. The molecule has 0 aliphatic carbocycles. The molecule has 0 heterocycles. The minimum atomic E-state index is -4.48. The van der Waals surface area contributed by atoms with Crippen LogP contribution in [0, 0.1) is 0 Å². The maximum Gasteiger partial charge on any atom is 0.416 e. The van der Waals surface area contributed by atoms with Crippen molar-refractivity contribution < 1.29 is 79.6 Å². The lowest BCUT2D eigenvalue weighted by molar-refractivity contribution is -0.137. The molecule has 0 bridgehead atoms. The third-order valence-electron chi connectivity index (χ3n) is 7.34. The van der Waals surface area contributed by atoms with E-state index in [1.807, 2.05) is 0 Å². The van der Waals surface area contributed by atoms with Crippen LogP contribution in [-0.4, -0.2) is 163 Å². The molecule has 0 aromatic heterocycles. The predicted molar refractivity (Wildman–Crippen MR) is 214 cm³/mol. The summed E-state index contributed by atoms with van der Waals surface area (Å²) in [6, 6.07) is 11.1. The van der Waals surface area contributed by atoms with Crippen LogP contribution >= 0.6 is 0 Å². The summed E-state index contributed by atoms with van der Waals surface area (Å²) in [6.45, 7) is 13.9. The zero-order valence-corrected chi connectivity index (χ0v) is 35.0. The molecule has 60 heavy (non-hydrogen) atoms. The smallest absolute Gasteiger partial charge is 0.416 e. The molecule has 1 amide bonds. The maximum atomic E-state index is 13.1. The molecule has 0 fully saturated rings. The highest BCUT2D eigenvalue weighted by molar-refractivity contribution is 5.96. The van der Waals surface area contributed by atoms with Crippen LogP contribution in [0.5, 0.6) is 0 Å². The molecule has 0 atom stereocenters. The van der Waals surface area contributed by atoms with E-state index in [9.17, 15) is 22.8 Å². The van der Waals surface area contributed by atoms with Gasteiger partial charge in [0.2, 0.25) is 0 Å². The standard InChI is InChI=1S/C41H63F3N2O14/c1-40(2,3)60-39(48)45-11-12-49-13-14-50-15-16-51-17-18-52-19-20-53-21-22-54-23-24-55-25-26-56-27-28-57-29-30-58-31-32-59-38(47)36-9-4-5-10-37(36)46-35-8-6-7-34(33-35)41(42,43)44/h4-10,33,46H,11-32H2,1-3H3,(H,45,48). The summed E-state index contributed by atoms with van der Waals surface area (Å²) in [5.74, 6) is -0.634. The van der Waals surface area contributed by atoms with Gasteiger partial charge < -0.3 is 67.5 Å². The lowest BCUT2D eigenvalue weighted by Gasteiger charge is -2.19. The normalized spacial score (nSPS) is 11.8. The quantitative estimate of drug-likeness (QED) is 0.0669. The summed E-state index contributed by atoms with van der Waals surface area (Å²) in [4.78, 5) is 24.1. The number of alkyl halides is 3. The lowest BCUT2D eigenvalue weighted by atomic mass is 10.1. The fourth-order valence-electron chi connectivity index (χ4n) is 4.59. The Balaban J connectivity index is 1.26. The highest BCUT2D eigenvalue weighted by Crippen LogP contribution is 2.32. The van der Waals surface area contributed by atoms with Gasteiger partial charge in [-0.1, -0.05) is 18.2 Å². The van der Waals surface area contributed by atoms with Crippen LogP contribution in [0.25, 0.3) is 0 Å². The SMILES string of the molecule is CC(C)(C)OC(=O)NCCOCCOCCOCCOCCOCCOCCOCCOCCOCCOCCOC(=O)c1ccccc1Nc1cccc(C(F)(F)F)c1. The third-order valence-corrected chi connectivity index (χ3v) is 7.34. The first-order chi connectivity index (χ1) is 29.0. The van der Waals surface area contributed by atoms with E-state index in [0.29, 0.717) is 138 Å². The molecule has 0 saturated carbocycles. The van der Waals surface area contributed by atoms with E-state index < -0.39 is 29.4 Å². The molecule has 2 aromatic rings. The van der Waals surface area contributed by atoms with E-state index in [2.05, 4.69) is 10.6 Å². The van der Waals surface area contributed by atoms with E-state index in [1.165, 1.54) is 18.2 Å². The van der Waals surface area contributed by atoms with Gasteiger partial charge in [-0.15, -0.1) is 0 Å². The minimum absolute atomic E-state index is 0.00851. The van der Waals surface area contributed by atoms with Gasteiger partial charge in [0.05, 0.1) is 149 Å². The van der Waals surface area contributed by atoms with Gasteiger partial charge >= 0.3 is 18.2 Å². The number of rotatable bonds is 36. The van der Waals surface area contributed by atoms with Gasteiger partial charge in [-0.3, -0.25) is 0 Å². The second-order valence-electron chi connectivity index (χ2n) is 13.4. The number of amides is 1. The van der Waals surface area contributed by atoms with Crippen LogP contribution in [-0.2, 0) is 63.0 Å². The average molecular weight is 865 g/mol. The molecule has 342 valence electrons. The molecule has 19 heteroatoms. The van der Waals surface area contributed by atoms with Gasteiger partial charge in [-0.2, -0.15) is 13.2 Å². The number of ether oxygens (including phenoxy) is 12. The van der Waals surface area contributed by atoms with Gasteiger partial charge in [0.25, 0.3) is 0 Å². The molecule has 0 spiro atoms. The topological polar surface area (TPSA) is 169 Å². The summed E-state index contributed by atoms with van der Waals surface area (Å²) >= 11 is 0. The van der Waals surface area contributed by atoms with Crippen LogP contribution < -0.4 is 10.6 Å². The summed E-state index contributed by atoms with van der Waals surface area (Å²) in [5, 5.41) is 5.48. The third kappa shape index (κ3) is 28.8. The predicted octanol–water partition coefficient (Wildman–Crippen LogP) is 5.30. The largest absolute Gasteiger partial charge is 0.460 e. The van der Waals surface area contributed by atoms with E-state index in [0.717, 1.165) is 12.1 Å². The van der Waals surface area contributed by atoms with Crippen LogP contribution in [0.1, 0.15) is 36.7 Å². The van der Waals surface area contributed by atoms with Crippen molar-refractivity contribution in [2.75, 3.05) is 151 Å². The molecular formula is C41H63F3N2O14. The number of hydrogen-bond acceptors (Lipinski definition) is 15. The van der Waals surface area contributed by atoms with Crippen molar-refractivity contribution in [1.82, 2.24) is 5.32 Å². The number of para-hydroxylation sites is 1. The minimum Gasteiger partial charge on any atom is -0.460 e. The number of halogens is 3. The first kappa shape index (κ1) is 52.5. The Morgan fingerprint density at radius 1 is 0.517 bits per heavy atom. The molecule has 0 aliphatic rings. The summed E-state index contributed by atoms with van der Waals surface area (Å²) < 4.78 is 104. The molecule has 0 radical (unpaired) electrons. The number of hydrogen-bond donors (Lipinski definition) is 2. The summed E-state index contributed by atoms with van der Waals surface area (Å²) in [5.41, 5.74) is -0.636. The molecule has 2 N–H and O–H groups in total. The van der Waals surface area contributed by atoms with Crippen LogP contribution in [0.15, 0.2) is 48.5 Å². The Hall–Kier alpha value is -3.63. The molecule has 2 aromatic carbocycles. The molecule has 0 saturated heterocycles. The van der Waals surface area contributed by atoms with Crippen LogP contribution in [0.2, 0.25) is 0 Å². The van der Waals surface area contributed by atoms with Crippen molar-refractivity contribution >= 4 is 23.4 Å². The lowest BCUT2D eigenvalue weighted by Crippen LogP contribution is -2.34. The number of anilines is 2. The van der Waals surface area contributed by atoms with Crippen molar-refractivity contribution in [2.24, 2.45) is 0 Å². The number of carbonyl (C=O) groups is 2. The zero-order chi connectivity index (χ0) is 43.6. The second-order valence-corrected chi connectivity index (χ2v) is 13.4. The fourth-order valence-corrected chi connectivity index (χ4v) is 4.59. The molecule has 16 nitrogen and oxygen atoms in total. The molecule has 0 unspecified atom stereocenters. The highest BCUT2D eigenvalue weighted by atomic mass is 19.4. The maximum absolute atomic E-state index is 13.1. The Bertz CT molecular complexity index is 1400. The second kappa shape index (κ2) is 33.1.